The summed E-state index contributed by atoms with van der Waals surface area (Å²) in [6.45, 7) is 5.97. The lowest BCUT2D eigenvalue weighted by Gasteiger charge is -2.26. The number of carbonyl (C=O) groups excluding carboxylic acids is 2. The number of aliphatic carboxylic acids is 1. The fraction of sp³-hybridized carbons (Fsp3) is 0.500. The first kappa shape index (κ1) is 18.0. The largest absolute Gasteiger partial charge is 0.480 e. The van der Waals surface area contributed by atoms with E-state index in [1.165, 1.54) is 6.92 Å². The Kier molecular flexibility index (Phi) is 5.26. The van der Waals surface area contributed by atoms with Crippen LogP contribution in [0.1, 0.15) is 37.8 Å². The number of carboxylic acids is 1. The molecule has 1 aromatic carbocycles. The minimum absolute atomic E-state index is 0.0794. The van der Waals surface area contributed by atoms with Gasteiger partial charge in [0.05, 0.1) is 5.92 Å². The molecule has 130 valence electrons. The molecule has 0 saturated carbocycles. The third-order valence-corrected chi connectivity index (χ3v) is 4.66. The van der Waals surface area contributed by atoms with E-state index >= 15 is 0 Å². The highest BCUT2D eigenvalue weighted by molar-refractivity contribution is 5.92. The highest BCUT2D eigenvalue weighted by atomic mass is 16.4. The fourth-order valence-electron chi connectivity index (χ4n) is 2.68. The van der Waals surface area contributed by atoms with Crippen LogP contribution in [0, 0.1) is 12.8 Å². The van der Waals surface area contributed by atoms with Gasteiger partial charge in [0.15, 0.2) is 0 Å². The summed E-state index contributed by atoms with van der Waals surface area (Å²) in [5.74, 6) is -2.03. The summed E-state index contributed by atoms with van der Waals surface area (Å²) in [5.41, 5.74) is 0.861. The Morgan fingerprint density at radius 1 is 1.33 bits per heavy atom. The number of hydrogen-bond donors (Lipinski definition) is 2. The van der Waals surface area contributed by atoms with Gasteiger partial charge in [-0.05, 0) is 25.8 Å². The number of nitrogens with one attached hydrogen (secondary N) is 1. The van der Waals surface area contributed by atoms with Gasteiger partial charge in [0, 0.05) is 19.5 Å². The number of likely N-dealkylation sites (tertiary alicyclic amines) is 1. The molecule has 1 aliphatic heterocycles. The number of carboxylic acid groups (broad SMARTS) is 1. The van der Waals surface area contributed by atoms with Gasteiger partial charge >= 0.3 is 5.97 Å². The summed E-state index contributed by atoms with van der Waals surface area (Å²) < 4.78 is 0. The fourth-order valence-corrected chi connectivity index (χ4v) is 2.68. The van der Waals surface area contributed by atoms with Crippen molar-refractivity contribution in [2.45, 2.75) is 45.7 Å². The van der Waals surface area contributed by atoms with Crippen LogP contribution in [0.3, 0.4) is 0 Å². The number of hydrogen-bond acceptors (Lipinski definition) is 3. The molecule has 6 nitrogen and oxygen atoms in total. The van der Waals surface area contributed by atoms with E-state index in [9.17, 15) is 19.5 Å². The van der Waals surface area contributed by atoms with Gasteiger partial charge in [-0.3, -0.25) is 9.59 Å². The Balaban J connectivity index is 1.99. The van der Waals surface area contributed by atoms with Crippen LogP contribution in [-0.2, 0) is 20.9 Å². The molecule has 2 unspecified atom stereocenters. The SMILES string of the molecule is CCC(C)(NC(=O)C1CC(=O)N(Cc2ccc(C)cc2)C1)C(=O)O. The maximum atomic E-state index is 12.4. The van der Waals surface area contributed by atoms with Gasteiger partial charge in [-0.2, -0.15) is 0 Å². The first-order valence-electron chi connectivity index (χ1n) is 8.14. The molecule has 2 atom stereocenters. The summed E-state index contributed by atoms with van der Waals surface area (Å²) in [4.78, 5) is 37.5. The Labute approximate surface area is 141 Å². The number of carbonyl (C=O) groups is 3. The van der Waals surface area contributed by atoms with E-state index in [-0.39, 0.29) is 24.7 Å². The quantitative estimate of drug-likeness (QED) is 0.830. The van der Waals surface area contributed by atoms with Crippen molar-refractivity contribution in [2.75, 3.05) is 6.54 Å². The molecule has 1 aromatic rings. The molecule has 2 rings (SSSR count). The molecular weight excluding hydrogens is 308 g/mol. The molecule has 2 amide bonds. The van der Waals surface area contributed by atoms with Gasteiger partial charge in [0.2, 0.25) is 11.8 Å². The zero-order valence-electron chi connectivity index (χ0n) is 14.3. The van der Waals surface area contributed by atoms with Crippen molar-refractivity contribution in [1.29, 1.82) is 0 Å². The Morgan fingerprint density at radius 3 is 2.50 bits per heavy atom. The highest BCUT2D eigenvalue weighted by Gasteiger charge is 2.39. The first-order valence-corrected chi connectivity index (χ1v) is 8.14. The van der Waals surface area contributed by atoms with E-state index < -0.39 is 17.4 Å². The summed E-state index contributed by atoms with van der Waals surface area (Å²) in [6.07, 6.45) is 0.402. The number of rotatable bonds is 6. The molecule has 6 heteroatoms. The molecule has 0 spiro atoms. The van der Waals surface area contributed by atoms with Crippen LogP contribution in [0.5, 0.6) is 0 Å². The summed E-state index contributed by atoms with van der Waals surface area (Å²) >= 11 is 0. The molecular formula is C18H24N2O4. The van der Waals surface area contributed by atoms with Crippen LogP contribution in [0.25, 0.3) is 0 Å². The van der Waals surface area contributed by atoms with Gasteiger partial charge < -0.3 is 15.3 Å². The van der Waals surface area contributed by atoms with Gasteiger partial charge in [-0.1, -0.05) is 36.8 Å². The molecule has 1 heterocycles. The smallest absolute Gasteiger partial charge is 0.329 e. The maximum absolute atomic E-state index is 12.4. The van der Waals surface area contributed by atoms with Crippen molar-refractivity contribution in [2.24, 2.45) is 5.92 Å². The normalized spacial score (nSPS) is 19.9. The Morgan fingerprint density at radius 2 is 1.96 bits per heavy atom. The van der Waals surface area contributed by atoms with E-state index in [1.807, 2.05) is 31.2 Å². The van der Waals surface area contributed by atoms with Gasteiger partial charge in [-0.25, -0.2) is 4.79 Å². The van der Waals surface area contributed by atoms with Crippen molar-refractivity contribution in [3.63, 3.8) is 0 Å². The van der Waals surface area contributed by atoms with E-state index in [2.05, 4.69) is 5.32 Å². The van der Waals surface area contributed by atoms with Crippen LogP contribution in [0.15, 0.2) is 24.3 Å². The zero-order chi connectivity index (χ0) is 17.9. The average Bonchev–Trinajstić information content (AvgIpc) is 2.90. The maximum Gasteiger partial charge on any atom is 0.329 e. The van der Waals surface area contributed by atoms with Gasteiger partial charge in [0.25, 0.3) is 0 Å². The second kappa shape index (κ2) is 7.03. The molecule has 2 N–H and O–H groups in total. The minimum atomic E-state index is -1.30. The molecule has 1 fully saturated rings. The van der Waals surface area contributed by atoms with Crippen molar-refractivity contribution in [3.8, 4) is 0 Å². The predicted molar refractivity (Wildman–Crippen MR) is 89.2 cm³/mol. The number of benzene rings is 1. The molecule has 0 radical (unpaired) electrons. The van der Waals surface area contributed by atoms with E-state index in [0.717, 1.165) is 11.1 Å². The van der Waals surface area contributed by atoms with Crippen LogP contribution in [-0.4, -0.2) is 39.9 Å². The molecule has 0 aliphatic carbocycles. The molecule has 1 aliphatic rings. The van der Waals surface area contributed by atoms with Gasteiger partial charge in [-0.15, -0.1) is 0 Å². The van der Waals surface area contributed by atoms with Crippen LogP contribution in [0.2, 0.25) is 0 Å². The lowest BCUT2D eigenvalue weighted by molar-refractivity contribution is -0.147. The lowest BCUT2D eigenvalue weighted by Crippen LogP contribution is -2.53. The van der Waals surface area contributed by atoms with E-state index in [1.54, 1.807) is 11.8 Å². The van der Waals surface area contributed by atoms with Crippen LogP contribution < -0.4 is 5.32 Å². The number of amides is 2. The topological polar surface area (TPSA) is 86.7 Å². The lowest BCUT2D eigenvalue weighted by atomic mass is 9.97. The first-order chi connectivity index (χ1) is 11.2. The average molecular weight is 332 g/mol. The minimum Gasteiger partial charge on any atom is -0.480 e. The van der Waals surface area contributed by atoms with Crippen molar-refractivity contribution in [3.05, 3.63) is 35.4 Å². The van der Waals surface area contributed by atoms with Crippen molar-refractivity contribution in [1.82, 2.24) is 10.2 Å². The molecule has 0 bridgehead atoms. The van der Waals surface area contributed by atoms with Crippen molar-refractivity contribution >= 4 is 17.8 Å². The molecule has 1 saturated heterocycles. The van der Waals surface area contributed by atoms with E-state index in [4.69, 9.17) is 0 Å². The second-order valence-electron chi connectivity index (χ2n) is 6.64. The monoisotopic (exact) mass is 332 g/mol. The third-order valence-electron chi connectivity index (χ3n) is 4.66. The third kappa shape index (κ3) is 3.93. The predicted octanol–water partition coefficient (Wildman–Crippen LogP) is 1.71. The summed E-state index contributed by atoms with van der Waals surface area (Å²) in [6, 6.07) is 7.91. The zero-order valence-corrected chi connectivity index (χ0v) is 14.3. The Hall–Kier alpha value is -2.37. The molecule has 24 heavy (non-hydrogen) atoms. The van der Waals surface area contributed by atoms with Crippen molar-refractivity contribution < 1.29 is 19.5 Å². The highest BCUT2D eigenvalue weighted by Crippen LogP contribution is 2.22. The summed E-state index contributed by atoms with van der Waals surface area (Å²) in [7, 11) is 0. The summed E-state index contributed by atoms with van der Waals surface area (Å²) in [5, 5.41) is 11.8. The molecule has 0 aromatic heterocycles. The Bertz CT molecular complexity index is 641. The van der Waals surface area contributed by atoms with Crippen LogP contribution in [0.4, 0.5) is 0 Å². The number of nitrogens with zero attached hydrogens (tertiary/aromatic N) is 1. The second-order valence-corrected chi connectivity index (χ2v) is 6.64. The van der Waals surface area contributed by atoms with E-state index in [0.29, 0.717) is 13.1 Å². The number of aryl methyl sites for hydroxylation is 1. The van der Waals surface area contributed by atoms with Gasteiger partial charge in [0.1, 0.15) is 5.54 Å². The van der Waals surface area contributed by atoms with Crippen LogP contribution >= 0.6 is 0 Å². The standard InChI is InChI=1S/C18H24N2O4/c1-4-18(3,17(23)24)19-16(22)14-9-15(21)20(11-14)10-13-7-5-12(2)6-8-13/h5-8,14H,4,9-11H2,1-3H3,(H,19,22)(H,23,24).